The maximum Gasteiger partial charge on any atom is 0.224 e. The van der Waals surface area contributed by atoms with Gasteiger partial charge in [-0.05, 0) is 88.0 Å². The van der Waals surface area contributed by atoms with E-state index in [0.29, 0.717) is 13.0 Å². The van der Waals surface area contributed by atoms with Crippen LogP contribution < -0.4 is 10.1 Å². The van der Waals surface area contributed by atoms with Crippen molar-refractivity contribution < 1.29 is 9.53 Å². The highest BCUT2D eigenvalue weighted by molar-refractivity contribution is 6.14. The summed E-state index contributed by atoms with van der Waals surface area (Å²) in [6, 6.07) is 34.2. The zero-order valence-corrected chi connectivity index (χ0v) is 22.6. The first-order valence-electron chi connectivity index (χ1n) is 13.5. The van der Waals surface area contributed by atoms with Crippen LogP contribution in [-0.2, 0) is 17.8 Å². The molecule has 0 aliphatic rings. The van der Waals surface area contributed by atoms with Gasteiger partial charge in [-0.2, -0.15) is 0 Å². The third-order valence-corrected chi connectivity index (χ3v) is 7.55. The van der Waals surface area contributed by atoms with Crippen molar-refractivity contribution in [3.8, 4) is 16.9 Å². The molecule has 0 radical (unpaired) electrons. The Morgan fingerprint density at radius 3 is 2.28 bits per heavy atom. The summed E-state index contributed by atoms with van der Waals surface area (Å²) < 4.78 is 7.50. The van der Waals surface area contributed by atoms with Gasteiger partial charge in [0.25, 0.3) is 0 Å². The number of ether oxygens (including phenoxy) is 1. The highest BCUT2D eigenvalue weighted by atomic mass is 16.5. The topological polar surface area (TPSA) is 43.3 Å². The fourth-order valence-corrected chi connectivity index (χ4v) is 5.53. The van der Waals surface area contributed by atoms with Crippen LogP contribution in [-0.4, -0.2) is 17.6 Å². The number of methoxy groups -OCH3 is 1. The Morgan fingerprint density at radius 1 is 0.821 bits per heavy atom. The number of nitrogens with zero attached hydrogens (tertiary/aromatic N) is 1. The molecule has 0 atom stereocenters. The normalized spacial score (nSPS) is 11.5. The Hall–Kier alpha value is -4.57. The molecule has 6 aromatic rings. The van der Waals surface area contributed by atoms with E-state index in [9.17, 15) is 4.79 Å². The summed E-state index contributed by atoms with van der Waals surface area (Å²) in [7, 11) is 1.65. The number of benzene rings is 5. The first-order chi connectivity index (χ1) is 19.0. The van der Waals surface area contributed by atoms with Gasteiger partial charge in [-0.1, -0.05) is 66.7 Å². The summed E-state index contributed by atoms with van der Waals surface area (Å²) in [5.74, 6) is 0.816. The highest BCUT2D eigenvalue weighted by Crippen LogP contribution is 2.37. The molecule has 1 heterocycles. The number of rotatable bonds is 7. The van der Waals surface area contributed by atoms with Crippen molar-refractivity contribution in [2.24, 2.45) is 0 Å². The van der Waals surface area contributed by atoms with Crippen LogP contribution in [0.1, 0.15) is 31.0 Å². The van der Waals surface area contributed by atoms with Gasteiger partial charge in [0.1, 0.15) is 5.75 Å². The number of hydrogen-bond donors (Lipinski definition) is 1. The third kappa shape index (κ3) is 4.74. The van der Waals surface area contributed by atoms with E-state index in [0.717, 1.165) is 33.3 Å². The predicted octanol–water partition coefficient (Wildman–Crippen LogP) is 8.06. The van der Waals surface area contributed by atoms with Gasteiger partial charge >= 0.3 is 0 Å². The molecule has 0 aliphatic carbocycles. The van der Waals surface area contributed by atoms with E-state index in [1.807, 2.05) is 24.3 Å². The summed E-state index contributed by atoms with van der Waals surface area (Å²) >= 11 is 0. The van der Waals surface area contributed by atoms with Gasteiger partial charge in [-0.15, -0.1) is 0 Å². The minimum atomic E-state index is 0.00943. The number of amides is 1. The van der Waals surface area contributed by atoms with Crippen molar-refractivity contribution in [1.29, 1.82) is 0 Å². The lowest BCUT2D eigenvalue weighted by atomic mass is 9.92. The quantitative estimate of drug-likeness (QED) is 0.220. The van der Waals surface area contributed by atoms with Crippen molar-refractivity contribution >= 4 is 38.4 Å². The lowest BCUT2D eigenvalue weighted by molar-refractivity contribution is -0.120. The molecule has 1 amide bonds. The standard InChI is InChI=1S/C35H32N2O2/c1-23(2)37-22-27(20-35(38)36-21-24-12-15-28(39-3)16-13-24)33-19-26(14-17-34(33)37)32-18-25-8-4-5-9-29(25)30-10-6-7-11-31(30)32/h4-19,22-23H,20-21H2,1-3H3,(H,36,38). The summed E-state index contributed by atoms with van der Waals surface area (Å²) in [5, 5.41) is 9.19. The molecule has 0 spiro atoms. The number of hydrogen-bond acceptors (Lipinski definition) is 2. The SMILES string of the molecule is COc1ccc(CNC(=O)Cc2cn(C(C)C)c3ccc(-c4cc5ccccc5c5ccccc45)cc23)cc1. The molecule has 4 nitrogen and oxygen atoms in total. The average molecular weight is 513 g/mol. The Bertz CT molecular complexity index is 1810. The van der Waals surface area contributed by atoms with Crippen LogP contribution in [0.4, 0.5) is 0 Å². The lowest BCUT2D eigenvalue weighted by Crippen LogP contribution is -2.24. The number of fused-ring (bicyclic) bond motifs is 4. The van der Waals surface area contributed by atoms with Gasteiger partial charge in [0.05, 0.1) is 13.5 Å². The predicted molar refractivity (Wildman–Crippen MR) is 161 cm³/mol. The number of aromatic nitrogens is 1. The van der Waals surface area contributed by atoms with Gasteiger partial charge in [0.2, 0.25) is 5.91 Å². The number of nitrogens with one attached hydrogen (secondary N) is 1. The van der Waals surface area contributed by atoms with Crippen LogP contribution in [0.15, 0.2) is 103 Å². The molecule has 1 aromatic heterocycles. The van der Waals surface area contributed by atoms with E-state index in [-0.39, 0.29) is 11.9 Å². The smallest absolute Gasteiger partial charge is 0.224 e. The average Bonchev–Trinajstić information content (AvgIpc) is 3.33. The van der Waals surface area contributed by atoms with Gasteiger partial charge in [-0.25, -0.2) is 0 Å². The minimum Gasteiger partial charge on any atom is -0.497 e. The van der Waals surface area contributed by atoms with Crippen molar-refractivity contribution in [3.05, 3.63) is 114 Å². The maximum atomic E-state index is 13.1. The highest BCUT2D eigenvalue weighted by Gasteiger charge is 2.16. The first-order valence-corrected chi connectivity index (χ1v) is 13.5. The van der Waals surface area contributed by atoms with Crippen molar-refractivity contribution in [3.63, 3.8) is 0 Å². The summed E-state index contributed by atoms with van der Waals surface area (Å²) in [4.78, 5) is 13.1. The first kappa shape index (κ1) is 24.7. The Kier molecular flexibility index (Phi) is 6.54. The molecule has 0 saturated carbocycles. The van der Waals surface area contributed by atoms with Crippen LogP contribution in [0.5, 0.6) is 5.75 Å². The van der Waals surface area contributed by atoms with Crippen molar-refractivity contribution in [2.45, 2.75) is 32.9 Å². The zero-order chi connectivity index (χ0) is 26.9. The van der Waals surface area contributed by atoms with E-state index in [2.05, 4.69) is 103 Å². The molecule has 0 fully saturated rings. The molecule has 5 aromatic carbocycles. The Balaban J connectivity index is 1.37. The Morgan fingerprint density at radius 2 is 1.54 bits per heavy atom. The van der Waals surface area contributed by atoms with Crippen LogP contribution in [0.25, 0.3) is 43.6 Å². The Labute approximate surface area is 228 Å². The third-order valence-electron chi connectivity index (χ3n) is 7.55. The zero-order valence-electron chi connectivity index (χ0n) is 22.6. The molecular formula is C35H32N2O2. The minimum absolute atomic E-state index is 0.00943. The van der Waals surface area contributed by atoms with E-state index in [1.165, 1.54) is 27.1 Å². The number of carbonyl (C=O) groups is 1. The maximum absolute atomic E-state index is 13.1. The molecule has 39 heavy (non-hydrogen) atoms. The number of carbonyl (C=O) groups excluding carboxylic acids is 1. The monoisotopic (exact) mass is 512 g/mol. The largest absolute Gasteiger partial charge is 0.497 e. The van der Waals surface area contributed by atoms with E-state index >= 15 is 0 Å². The van der Waals surface area contributed by atoms with Crippen LogP contribution in [0.2, 0.25) is 0 Å². The van der Waals surface area contributed by atoms with Crippen LogP contribution in [0, 0.1) is 0 Å². The summed E-state index contributed by atoms with van der Waals surface area (Å²) in [5.41, 5.74) is 5.60. The fourth-order valence-electron chi connectivity index (χ4n) is 5.53. The molecule has 4 heteroatoms. The molecule has 194 valence electrons. The molecule has 0 saturated heterocycles. The fraction of sp³-hybridized carbons (Fsp3) is 0.171. The van der Waals surface area contributed by atoms with Crippen LogP contribution >= 0.6 is 0 Å². The van der Waals surface area contributed by atoms with Gasteiger partial charge < -0.3 is 14.6 Å². The second kappa shape index (κ2) is 10.3. The molecule has 0 unspecified atom stereocenters. The molecule has 0 aliphatic heterocycles. The van der Waals surface area contributed by atoms with Crippen molar-refractivity contribution in [2.75, 3.05) is 7.11 Å². The lowest BCUT2D eigenvalue weighted by Gasteiger charge is -2.13. The van der Waals surface area contributed by atoms with E-state index in [1.54, 1.807) is 7.11 Å². The molecule has 6 rings (SSSR count). The van der Waals surface area contributed by atoms with Gasteiger partial charge in [-0.3, -0.25) is 4.79 Å². The van der Waals surface area contributed by atoms with E-state index in [4.69, 9.17) is 4.74 Å². The second-order valence-electron chi connectivity index (χ2n) is 10.4. The summed E-state index contributed by atoms with van der Waals surface area (Å²) in [6.07, 6.45) is 2.47. The van der Waals surface area contributed by atoms with E-state index < -0.39 is 0 Å². The van der Waals surface area contributed by atoms with Crippen LogP contribution in [0.3, 0.4) is 0 Å². The summed E-state index contributed by atoms with van der Waals surface area (Å²) in [6.45, 7) is 4.84. The second-order valence-corrected chi connectivity index (χ2v) is 10.4. The molecule has 0 bridgehead atoms. The van der Waals surface area contributed by atoms with Gasteiger partial charge in [0, 0.05) is 29.7 Å². The van der Waals surface area contributed by atoms with Gasteiger partial charge in [0.15, 0.2) is 0 Å². The van der Waals surface area contributed by atoms with Crippen molar-refractivity contribution in [1.82, 2.24) is 9.88 Å². The molecular weight excluding hydrogens is 480 g/mol. The molecule has 1 N–H and O–H groups in total.